The average molecular weight is 471 g/mol. The van der Waals surface area contributed by atoms with Crippen molar-refractivity contribution in [3.8, 4) is 5.75 Å². The molecular formula is C22H23BrN4O3. The van der Waals surface area contributed by atoms with Crippen LogP contribution >= 0.6 is 15.9 Å². The minimum atomic E-state index is -0.375. The molecule has 8 heteroatoms. The highest BCUT2D eigenvalue weighted by Gasteiger charge is 2.30. The van der Waals surface area contributed by atoms with E-state index in [-0.39, 0.29) is 23.8 Å². The van der Waals surface area contributed by atoms with Crippen molar-refractivity contribution in [3.63, 3.8) is 0 Å². The first-order chi connectivity index (χ1) is 14.4. The van der Waals surface area contributed by atoms with Crippen LogP contribution in [0, 0.1) is 5.92 Å². The van der Waals surface area contributed by atoms with Gasteiger partial charge in [-0.05, 0) is 38.1 Å². The molecule has 156 valence electrons. The van der Waals surface area contributed by atoms with Crippen LogP contribution in [0.3, 0.4) is 0 Å². The van der Waals surface area contributed by atoms with E-state index in [1.807, 2.05) is 54.0 Å². The Morgan fingerprint density at radius 1 is 1.13 bits per heavy atom. The van der Waals surface area contributed by atoms with Crippen LogP contribution in [0.15, 0.2) is 57.0 Å². The molecule has 1 saturated heterocycles. The Labute approximate surface area is 183 Å². The maximum absolute atomic E-state index is 13.0. The van der Waals surface area contributed by atoms with Crippen molar-refractivity contribution in [1.29, 1.82) is 0 Å². The van der Waals surface area contributed by atoms with Gasteiger partial charge in [-0.15, -0.1) is 0 Å². The molecule has 1 aromatic rings. The molecule has 1 atom stereocenters. The molecule has 0 N–H and O–H groups in total. The molecule has 3 aliphatic rings. The van der Waals surface area contributed by atoms with Gasteiger partial charge in [-0.2, -0.15) is 4.99 Å². The third-order valence-electron chi connectivity index (χ3n) is 5.05. The van der Waals surface area contributed by atoms with Crippen LogP contribution in [-0.4, -0.2) is 65.6 Å². The van der Waals surface area contributed by atoms with E-state index in [1.54, 1.807) is 12.1 Å². The van der Waals surface area contributed by atoms with Crippen LogP contribution in [0.1, 0.15) is 24.2 Å². The first kappa shape index (κ1) is 20.5. The summed E-state index contributed by atoms with van der Waals surface area (Å²) in [6.45, 7) is 6.10. The molecule has 30 heavy (non-hydrogen) atoms. The Morgan fingerprint density at radius 2 is 1.90 bits per heavy atom. The summed E-state index contributed by atoms with van der Waals surface area (Å²) in [6, 6.07) is 5.44. The van der Waals surface area contributed by atoms with Crippen molar-refractivity contribution in [2.75, 3.05) is 26.2 Å². The van der Waals surface area contributed by atoms with Gasteiger partial charge in [-0.1, -0.05) is 34.2 Å². The zero-order valence-electron chi connectivity index (χ0n) is 16.9. The number of benzene rings is 1. The first-order valence-corrected chi connectivity index (χ1v) is 10.8. The van der Waals surface area contributed by atoms with Gasteiger partial charge in [-0.25, -0.2) is 4.99 Å². The quantitative estimate of drug-likeness (QED) is 0.680. The Kier molecular flexibility index (Phi) is 5.85. The second-order valence-electron chi connectivity index (χ2n) is 7.63. The Bertz CT molecular complexity index is 988. The Balaban J connectivity index is 1.43. The van der Waals surface area contributed by atoms with E-state index in [4.69, 9.17) is 4.74 Å². The average Bonchev–Trinajstić information content (AvgIpc) is 2.72. The van der Waals surface area contributed by atoms with Gasteiger partial charge in [0.2, 0.25) is 5.96 Å². The molecule has 1 aliphatic carbocycles. The molecule has 1 fully saturated rings. The predicted octanol–water partition coefficient (Wildman–Crippen LogP) is 3.07. The number of hydrogen-bond donors (Lipinski definition) is 0. The summed E-state index contributed by atoms with van der Waals surface area (Å²) in [6.07, 6.45) is 7.40. The molecule has 4 rings (SSSR count). The van der Waals surface area contributed by atoms with E-state index >= 15 is 0 Å². The summed E-state index contributed by atoms with van der Waals surface area (Å²) in [7, 11) is 0. The molecule has 2 amide bonds. The maximum atomic E-state index is 13.0. The summed E-state index contributed by atoms with van der Waals surface area (Å²) in [4.78, 5) is 37.8. The van der Waals surface area contributed by atoms with E-state index in [0.29, 0.717) is 43.5 Å². The fourth-order valence-electron chi connectivity index (χ4n) is 3.62. The standard InChI is InChI=1S/C22H23BrN4O3/c1-14(2)30-17-12-15(11-16(23)13-17)21(29)26-7-9-27(10-8-26)22-24-19-6-4-3-5-18(19)20(28)25-22/h3-6,11-14,18H,7-10H2,1-2H3. The number of ether oxygens (including phenoxy) is 1. The highest BCUT2D eigenvalue weighted by atomic mass is 79.9. The molecule has 1 aromatic carbocycles. The van der Waals surface area contributed by atoms with Gasteiger partial charge < -0.3 is 14.5 Å². The van der Waals surface area contributed by atoms with Gasteiger partial charge >= 0.3 is 0 Å². The number of carbonyl (C=O) groups is 2. The van der Waals surface area contributed by atoms with E-state index < -0.39 is 0 Å². The molecule has 0 radical (unpaired) electrons. The zero-order chi connectivity index (χ0) is 21.3. The predicted molar refractivity (Wildman–Crippen MR) is 119 cm³/mol. The first-order valence-electron chi connectivity index (χ1n) is 9.98. The lowest BCUT2D eigenvalue weighted by Gasteiger charge is -2.36. The number of rotatable bonds is 3. The number of amides is 2. The fourth-order valence-corrected chi connectivity index (χ4v) is 4.09. The number of guanidine groups is 1. The third-order valence-corrected chi connectivity index (χ3v) is 5.50. The number of aliphatic imine (C=N–C) groups is 2. The highest BCUT2D eigenvalue weighted by Crippen LogP contribution is 2.24. The minimum Gasteiger partial charge on any atom is -0.491 e. The van der Waals surface area contributed by atoms with E-state index in [0.717, 1.165) is 10.2 Å². The van der Waals surface area contributed by atoms with Crippen molar-refractivity contribution < 1.29 is 14.3 Å². The summed E-state index contributed by atoms with van der Waals surface area (Å²) in [5, 5.41) is 0. The lowest BCUT2D eigenvalue weighted by molar-refractivity contribution is -0.118. The van der Waals surface area contributed by atoms with Crippen molar-refractivity contribution in [3.05, 3.63) is 52.5 Å². The molecule has 0 saturated carbocycles. The van der Waals surface area contributed by atoms with E-state index in [2.05, 4.69) is 25.9 Å². The fraction of sp³-hybridized carbons (Fsp3) is 0.364. The molecule has 2 aliphatic heterocycles. The Morgan fingerprint density at radius 3 is 2.63 bits per heavy atom. The molecule has 0 aromatic heterocycles. The lowest BCUT2D eigenvalue weighted by Crippen LogP contribution is -2.51. The second kappa shape index (κ2) is 8.55. The molecule has 0 bridgehead atoms. The van der Waals surface area contributed by atoms with Gasteiger partial charge in [0.15, 0.2) is 0 Å². The van der Waals surface area contributed by atoms with Gasteiger partial charge in [0.1, 0.15) is 11.7 Å². The van der Waals surface area contributed by atoms with Gasteiger partial charge in [0.05, 0.1) is 11.8 Å². The summed E-state index contributed by atoms with van der Waals surface area (Å²) in [5.74, 6) is 0.490. The summed E-state index contributed by atoms with van der Waals surface area (Å²) >= 11 is 3.46. The van der Waals surface area contributed by atoms with Gasteiger partial charge in [0, 0.05) is 36.2 Å². The molecule has 1 unspecified atom stereocenters. The number of nitrogens with zero attached hydrogens (tertiary/aromatic N) is 4. The number of carbonyl (C=O) groups excluding carboxylic acids is 2. The maximum Gasteiger partial charge on any atom is 0.261 e. The Hall–Kier alpha value is -2.74. The lowest BCUT2D eigenvalue weighted by atomic mass is 9.97. The zero-order valence-corrected chi connectivity index (χ0v) is 18.5. The SMILES string of the molecule is CC(C)Oc1cc(Br)cc(C(=O)N2CCN(C3=NC(=O)C4C=CC=CC4=N3)CC2)c1. The van der Waals surface area contributed by atoms with Gasteiger partial charge in [0.25, 0.3) is 11.8 Å². The third kappa shape index (κ3) is 4.38. The number of piperazine rings is 1. The van der Waals surface area contributed by atoms with Crippen molar-refractivity contribution in [1.82, 2.24) is 9.80 Å². The van der Waals surface area contributed by atoms with E-state index in [9.17, 15) is 9.59 Å². The van der Waals surface area contributed by atoms with Crippen molar-refractivity contribution in [2.24, 2.45) is 15.9 Å². The molecular weight excluding hydrogens is 448 g/mol. The molecule has 0 spiro atoms. The number of allylic oxidation sites excluding steroid dienone is 3. The number of halogens is 1. The molecule has 7 nitrogen and oxygen atoms in total. The van der Waals surface area contributed by atoms with Crippen LogP contribution in [-0.2, 0) is 4.79 Å². The van der Waals surface area contributed by atoms with Crippen LogP contribution in [0.4, 0.5) is 0 Å². The van der Waals surface area contributed by atoms with E-state index in [1.165, 1.54) is 0 Å². The number of hydrogen-bond acceptors (Lipinski definition) is 5. The second-order valence-corrected chi connectivity index (χ2v) is 8.55. The summed E-state index contributed by atoms with van der Waals surface area (Å²) in [5.41, 5.74) is 1.30. The monoisotopic (exact) mass is 470 g/mol. The van der Waals surface area contributed by atoms with Crippen molar-refractivity contribution >= 4 is 39.4 Å². The van der Waals surface area contributed by atoms with Crippen LogP contribution < -0.4 is 4.74 Å². The topological polar surface area (TPSA) is 74.6 Å². The molecule has 2 heterocycles. The van der Waals surface area contributed by atoms with Crippen LogP contribution in [0.2, 0.25) is 0 Å². The summed E-state index contributed by atoms with van der Waals surface area (Å²) < 4.78 is 6.54. The largest absolute Gasteiger partial charge is 0.491 e. The van der Waals surface area contributed by atoms with Crippen LogP contribution in [0.5, 0.6) is 5.75 Å². The van der Waals surface area contributed by atoms with Crippen LogP contribution in [0.25, 0.3) is 0 Å². The van der Waals surface area contributed by atoms with Crippen molar-refractivity contribution in [2.45, 2.75) is 20.0 Å². The minimum absolute atomic E-state index is 0.0282. The number of fused-ring (bicyclic) bond motifs is 1. The smallest absolute Gasteiger partial charge is 0.261 e. The van der Waals surface area contributed by atoms with Gasteiger partial charge in [-0.3, -0.25) is 9.59 Å². The highest BCUT2D eigenvalue weighted by molar-refractivity contribution is 9.10. The normalized spacial score (nSPS) is 20.8.